The SMILES string of the molecule is Cc1ccccc1-c1ccc(N2CCN(C(=O)COc3cccc(Cl)c3Cl)CC2)nn1. The van der Waals surface area contributed by atoms with E-state index >= 15 is 0 Å². The molecule has 8 heteroatoms. The molecule has 2 heterocycles. The van der Waals surface area contributed by atoms with Crippen molar-refractivity contribution >= 4 is 34.9 Å². The van der Waals surface area contributed by atoms with Crippen LogP contribution in [0.15, 0.2) is 54.6 Å². The highest BCUT2D eigenvalue weighted by Gasteiger charge is 2.23. The molecule has 4 rings (SSSR count). The second-order valence-electron chi connectivity index (χ2n) is 7.30. The molecule has 1 amide bonds. The number of anilines is 1. The van der Waals surface area contributed by atoms with Crippen LogP contribution in [-0.2, 0) is 4.79 Å². The molecule has 1 saturated heterocycles. The van der Waals surface area contributed by atoms with Gasteiger partial charge in [-0.2, -0.15) is 0 Å². The highest BCUT2D eigenvalue weighted by molar-refractivity contribution is 6.42. The molecule has 160 valence electrons. The quantitative estimate of drug-likeness (QED) is 0.565. The minimum Gasteiger partial charge on any atom is -0.482 e. The van der Waals surface area contributed by atoms with Gasteiger partial charge in [0.2, 0.25) is 0 Å². The lowest BCUT2D eigenvalue weighted by molar-refractivity contribution is -0.133. The lowest BCUT2D eigenvalue weighted by Crippen LogP contribution is -2.50. The molecule has 1 fully saturated rings. The zero-order valence-corrected chi connectivity index (χ0v) is 18.6. The van der Waals surface area contributed by atoms with Gasteiger partial charge in [-0.05, 0) is 36.8 Å². The van der Waals surface area contributed by atoms with Crippen molar-refractivity contribution in [2.45, 2.75) is 6.92 Å². The second kappa shape index (κ2) is 9.54. The van der Waals surface area contributed by atoms with E-state index in [1.54, 1.807) is 23.1 Å². The zero-order chi connectivity index (χ0) is 21.8. The van der Waals surface area contributed by atoms with Gasteiger partial charge < -0.3 is 14.5 Å². The van der Waals surface area contributed by atoms with Gasteiger partial charge in [0, 0.05) is 31.7 Å². The molecule has 0 spiro atoms. The summed E-state index contributed by atoms with van der Waals surface area (Å²) in [6, 6.07) is 17.2. The average Bonchev–Trinajstić information content (AvgIpc) is 2.80. The van der Waals surface area contributed by atoms with Crippen LogP contribution in [0.1, 0.15) is 5.56 Å². The standard InChI is InChI=1S/C23H22Cl2N4O2/c1-16-5-2-3-6-17(16)19-9-10-21(27-26-19)28-11-13-29(14-12-28)22(30)15-31-20-8-4-7-18(24)23(20)25/h2-10H,11-15H2,1H3. The van der Waals surface area contributed by atoms with Gasteiger partial charge in [-0.15, -0.1) is 10.2 Å². The van der Waals surface area contributed by atoms with E-state index in [-0.39, 0.29) is 12.5 Å². The zero-order valence-electron chi connectivity index (χ0n) is 17.1. The second-order valence-corrected chi connectivity index (χ2v) is 8.09. The topological polar surface area (TPSA) is 58.6 Å². The number of rotatable bonds is 5. The number of aryl methyl sites for hydroxylation is 1. The van der Waals surface area contributed by atoms with E-state index in [1.165, 1.54) is 0 Å². The van der Waals surface area contributed by atoms with Gasteiger partial charge >= 0.3 is 0 Å². The smallest absolute Gasteiger partial charge is 0.260 e. The van der Waals surface area contributed by atoms with Crippen molar-refractivity contribution in [2.75, 3.05) is 37.7 Å². The lowest BCUT2D eigenvalue weighted by Gasteiger charge is -2.35. The third kappa shape index (κ3) is 4.92. The number of nitrogens with zero attached hydrogens (tertiary/aromatic N) is 4. The maximum absolute atomic E-state index is 12.5. The van der Waals surface area contributed by atoms with E-state index in [2.05, 4.69) is 28.1 Å². The Morgan fingerprint density at radius 2 is 1.74 bits per heavy atom. The van der Waals surface area contributed by atoms with Crippen molar-refractivity contribution in [1.29, 1.82) is 0 Å². The molecule has 0 saturated carbocycles. The van der Waals surface area contributed by atoms with Gasteiger partial charge in [0.1, 0.15) is 10.8 Å². The molecule has 1 aliphatic rings. The number of hydrogen-bond donors (Lipinski definition) is 0. The van der Waals surface area contributed by atoms with E-state index in [0.29, 0.717) is 42.0 Å². The third-order valence-electron chi connectivity index (χ3n) is 5.30. The predicted octanol–water partition coefficient (Wildman–Crippen LogP) is 4.49. The molecular weight excluding hydrogens is 435 g/mol. The van der Waals surface area contributed by atoms with Gasteiger partial charge in [-0.1, -0.05) is 53.5 Å². The van der Waals surface area contributed by atoms with Crippen LogP contribution in [0.3, 0.4) is 0 Å². The van der Waals surface area contributed by atoms with E-state index in [0.717, 1.165) is 22.6 Å². The Hall–Kier alpha value is -2.83. The lowest BCUT2D eigenvalue weighted by atomic mass is 10.1. The molecule has 0 aliphatic carbocycles. The number of ether oxygens (including phenoxy) is 1. The predicted molar refractivity (Wildman–Crippen MR) is 123 cm³/mol. The molecule has 1 aliphatic heterocycles. The van der Waals surface area contributed by atoms with E-state index < -0.39 is 0 Å². The minimum atomic E-state index is -0.0864. The number of carbonyl (C=O) groups is 1. The van der Waals surface area contributed by atoms with Gasteiger partial charge in [0.05, 0.1) is 10.7 Å². The van der Waals surface area contributed by atoms with E-state index in [1.807, 2.05) is 30.3 Å². The summed E-state index contributed by atoms with van der Waals surface area (Å²) in [6.45, 7) is 4.53. The number of benzene rings is 2. The van der Waals surface area contributed by atoms with Gasteiger partial charge in [0.25, 0.3) is 5.91 Å². The molecule has 0 unspecified atom stereocenters. The summed E-state index contributed by atoms with van der Waals surface area (Å²) in [5.41, 5.74) is 3.10. The number of amides is 1. The van der Waals surface area contributed by atoms with Crippen LogP contribution in [0.25, 0.3) is 11.3 Å². The fraction of sp³-hybridized carbons (Fsp3) is 0.261. The number of halogens is 2. The summed E-state index contributed by atoms with van der Waals surface area (Å²) in [5.74, 6) is 1.13. The number of hydrogen-bond acceptors (Lipinski definition) is 5. The van der Waals surface area contributed by atoms with Crippen molar-refractivity contribution in [1.82, 2.24) is 15.1 Å². The summed E-state index contributed by atoms with van der Waals surface area (Å²) < 4.78 is 5.57. The number of piperazine rings is 1. The number of carbonyl (C=O) groups excluding carboxylic acids is 1. The van der Waals surface area contributed by atoms with Crippen molar-refractivity contribution in [2.24, 2.45) is 0 Å². The average molecular weight is 457 g/mol. The van der Waals surface area contributed by atoms with Crippen molar-refractivity contribution < 1.29 is 9.53 Å². The molecule has 6 nitrogen and oxygen atoms in total. The molecule has 0 atom stereocenters. The molecule has 2 aromatic carbocycles. The van der Waals surface area contributed by atoms with E-state index in [9.17, 15) is 4.79 Å². The summed E-state index contributed by atoms with van der Waals surface area (Å²) in [7, 11) is 0. The van der Waals surface area contributed by atoms with Gasteiger partial charge in [-0.3, -0.25) is 4.79 Å². The van der Waals surface area contributed by atoms with Crippen LogP contribution in [0.2, 0.25) is 10.0 Å². The Balaban J connectivity index is 1.31. The molecule has 31 heavy (non-hydrogen) atoms. The molecule has 3 aromatic rings. The minimum absolute atomic E-state index is 0.0784. The summed E-state index contributed by atoms with van der Waals surface area (Å²) >= 11 is 12.1. The Morgan fingerprint density at radius 1 is 0.968 bits per heavy atom. The number of aromatic nitrogens is 2. The van der Waals surface area contributed by atoms with Crippen molar-refractivity contribution in [3.8, 4) is 17.0 Å². The molecule has 0 radical (unpaired) electrons. The fourth-order valence-electron chi connectivity index (χ4n) is 3.51. The van der Waals surface area contributed by atoms with Crippen LogP contribution in [0, 0.1) is 6.92 Å². The largest absolute Gasteiger partial charge is 0.482 e. The third-order valence-corrected chi connectivity index (χ3v) is 6.10. The Kier molecular flexibility index (Phi) is 6.59. The van der Waals surface area contributed by atoms with Crippen LogP contribution in [-0.4, -0.2) is 53.8 Å². The summed E-state index contributed by atoms with van der Waals surface area (Å²) in [6.07, 6.45) is 0. The highest BCUT2D eigenvalue weighted by atomic mass is 35.5. The molecular formula is C23H22Cl2N4O2. The Bertz CT molecular complexity index is 1070. The van der Waals surface area contributed by atoms with Crippen molar-refractivity contribution in [3.63, 3.8) is 0 Å². The van der Waals surface area contributed by atoms with E-state index in [4.69, 9.17) is 27.9 Å². The normalized spacial score (nSPS) is 13.9. The maximum atomic E-state index is 12.5. The summed E-state index contributed by atoms with van der Waals surface area (Å²) in [4.78, 5) is 16.4. The first-order valence-electron chi connectivity index (χ1n) is 10.0. The van der Waals surface area contributed by atoms with Gasteiger partial charge in [0.15, 0.2) is 12.4 Å². The first-order valence-corrected chi connectivity index (χ1v) is 10.8. The fourth-order valence-corrected chi connectivity index (χ4v) is 3.86. The first-order chi connectivity index (χ1) is 15.0. The highest BCUT2D eigenvalue weighted by Crippen LogP contribution is 2.31. The summed E-state index contributed by atoms with van der Waals surface area (Å²) in [5, 5.41) is 9.52. The first kappa shape index (κ1) is 21.4. The van der Waals surface area contributed by atoms with Crippen molar-refractivity contribution in [3.05, 3.63) is 70.2 Å². The monoisotopic (exact) mass is 456 g/mol. The van der Waals surface area contributed by atoms with Crippen LogP contribution >= 0.6 is 23.2 Å². The molecule has 0 bridgehead atoms. The van der Waals surface area contributed by atoms with Gasteiger partial charge in [-0.25, -0.2) is 0 Å². The Labute approximate surface area is 191 Å². The van der Waals surface area contributed by atoms with Crippen LogP contribution in [0.4, 0.5) is 5.82 Å². The maximum Gasteiger partial charge on any atom is 0.260 e. The molecule has 0 N–H and O–H groups in total. The van der Waals surface area contributed by atoms with Crippen LogP contribution < -0.4 is 9.64 Å². The van der Waals surface area contributed by atoms with Crippen LogP contribution in [0.5, 0.6) is 5.75 Å². The molecule has 1 aromatic heterocycles. The Morgan fingerprint density at radius 3 is 2.45 bits per heavy atom.